The maximum atomic E-state index is 13.5. The molecule has 0 heterocycles. The molecule has 2 aromatic carbocycles. The van der Waals surface area contributed by atoms with Crippen molar-refractivity contribution < 1.29 is 29.4 Å². The number of aromatic hydroxyl groups is 1. The van der Waals surface area contributed by atoms with E-state index in [-0.39, 0.29) is 25.0 Å². The topological polar surface area (TPSA) is 197 Å². The largest absolute Gasteiger partial charge is 0.508 e. The van der Waals surface area contributed by atoms with Crippen molar-refractivity contribution >= 4 is 23.7 Å². The Morgan fingerprint density at radius 1 is 0.800 bits per heavy atom. The average Bonchev–Trinajstić information content (AvgIpc) is 2.90. The molecule has 11 nitrogen and oxygen atoms in total. The summed E-state index contributed by atoms with van der Waals surface area (Å²) >= 11 is 0. The van der Waals surface area contributed by atoms with E-state index in [2.05, 4.69) is 16.0 Å². The van der Waals surface area contributed by atoms with E-state index in [1.807, 2.05) is 6.07 Å². The molecule has 218 valence electrons. The molecule has 0 spiro atoms. The molecule has 0 aliphatic rings. The molecular weight excluding hydrogens is 514 g/mol. The molecule has 0 aromatic heterocycles. The summed E-state index contributed by atoms with van der Waals surface area (Å²) in [4.78, 5) is 51.3. The number of carboxylic acids is 1. The predicted octanol–water partition coefficient (Wildman–Crippen LogP) is 0.973. The summed E-state index contributed by atoms with van der Waals surface area (Å²) < 4.78 is 0. The lowest BCUT2D eigenvalue weighted by Crippen LogP contribution is -2.59. The smallest absolute Gasteiger partial charge is 0.326 e. The first-order chi connectivity index (χ1) is 18.9. The van der Waals surface area contributed by atoms with Gasteiger partial charge in [-0.3, -0.25) is 14.4 Å². The molecule has 0 saturated heterocycles. The van der Waals surface area contributed by atoms with Crippen LogP contribution >= 0.6 is 0 Å². The molecule has 11 heteroatoms. The monoisotopic (exact) mass is 555 g/mol. The third kappa shape index (κ3) is 11.0. The number of hydrogen-bond acceptors (Lipinski definition) is 7. The van der Waals surface area contributed by atoms with Crippen LogP contribution in [0.15, 0.2) is 54.6 Å². The fraction of sp³-hybridized carbons (Fsp3) is 0.448. The highest BCUT2D eigenvalue weighted by Crippen LogP contribution is 2.13. The molecule has 3 atom stereocenters. The van der Waals surface area contributed by atoms with Gasteiger partial charge in [0, 0.05) is 6.42 Å². The van der Waals surface area contributed by atoms with E-state index in [1.54, 1.807) is 36.4 Å². The lowest BCUT2D eigenvalue weighted by molar-refractivity contribution is -0.142. The molecule has 40 heavy (non-hydrogen) atoms. The van der Waals surface area contributed by atoms with Gasteiger partial charge in [0.05, 0.1) is 5.54 Å². The number of carbonyl (C=O) groups excluding carboxylic acids is 3. The third-order valence-corrected chi connectivity index (χ3v) is 6.34. The number of hydrogen-bond donors (Lipinski definition) is 7. The summed E-state index contributed by atoms with van der Waals surface area (Å²) in [6.45, 7) is 3.43. The van der Waals surface area contributed by atoms with E-state index in [0.717, 1.165) is 11.1 Å². The second kappa shape index (κ2) is 15.6. The Hall–Kier alpha value is -3.96. The number of phenols is 1. The molecule has 2 aromatic rings. The first-order valence-electron chi connectivity index (χ1n) is 13.4. The highest BCUT2D eigenvalue weighted by atomic mass is 16.4. The highest BCUT2D eigenvalue weighted by molar-refractivity contribution is 5.95. The zero-order valence-electron chi connectivity index (χ0n) is 23.1. The maximum Gasteiger partial charge on any atom is 0.326 e. The number of benzene rings is 2. The van der Waals surface area contributed by atoms with Gasteiger partial charge < -0.3 is 37.6 Å². The minimum atomic E-state index is -1.25. The van der Waals surface area contributed by atoms with Crippen LogP contribution in [0.5, 0.6) is 5.75 Å². The summed E-state index contributed by atoms with van der Waals surface area (Å²) in [5.74, 6) is -2.89. The van der Waals surface area contributed by atoms with E-state index in [1.165, 1.54) is 26.0 Å². The van der Waals surface area contributed by atoms with E-state index in [4.69, 9.17) is 11.5 Å². The molecule has 9 N–H and O–H groups in total. The number of nitrogens with one attached hydrogen (secondary N) is 3. The normalized spacial score (nSPS) is 13.5. The van der Waals surface area contributed by atoms with Crippen molar-refractivity contribution in [1.29, 1.82) is 0 Å². The van der Waals surface area contributed by atoms with Crippen LogP contribution in [0.2, 0.25) is 0 Å². The van der Waals surface area contributed by atoms with Crippen molar-refractivity contribution in [1.82, 2.24) is 16.0 Å². The van der Waals surface area contributed by atoms with Crippen molar-refractivity contribution in [2.24, 2.45) is 11.5 Å². The van der Waals surface area contributed by atoms with Gasteiger partial charge >= 0.3 is 5.97 Å². The number of aryl methyl sites for hydroxylation is 1. The molecule has 0 saturated carbocycles. The quantitative estimate of drug-likeness (QED) is 0.149. The predicted molar refractivity (Wildman–Crippen MR) is 151 cm³/mol. The third-order valence-electron chi connectivity index (χ3n) is 6.34. The fourth-order valence-electron chi connectivity index (χ4n) is 3.94. The summed E-state index contributed by atoms with van der Waals surface area (Å²) in [6.07, 6.45) is 2.01. The highest BCUT2D eigenvalue weighted by Gasteiger charge is 2.32. The van der Waals surface area contributed by atoms with E-state index >= 15 is 0 Å². The van der Waals surface area contributed by atoms with Crippen molar-refractivity contribution in [2.75, 3.05) is 6.54 Å². The summed E-state index contributed by atoms with van der Waals surface area (Å²) in [5, 5.41) is 27.1. The Morgan fingerprint density at radius 3 is 1.98 bits per heavy atom. The van der Waals surface area contributed by atoms with Gasteiger partial charge in [-0.05, 0) is 75.8 Å². The second-order valence-corrected chi connectivity index (χ2v) is 10.4. The van der Waals surface area contributed by atoms with Gasteiger partial charge in [0.25, 0.3) is 0 Å². The van der Waals surface area contributed by atoms with Gasteiger partial charge in [-0.1, -0.05) is 42.5 Å². The van der Waals surface area contributed by atoms with Crippen molar-refractivity contribution in [3.8, 4) is 5.75 Å². The molecule has 0 unspecified atom stereocenters. The first kappa shape index (κ1) is 32.3. The van der Waals surface area contributed by atoms with Crippen molar-refractivity contribution in [3.05, 3.63) is 65.7 Å². The molecule has 0 bridgehead atoms. The Balaban J connectivity index is 2.26. The Bertz CT molecular complexity index is 1120. The zero-order valence-corrected chi connectivity index (χ0v) is 23.1. The number of nitrogens with two attached hydrogens (primary N) is 2. The minimum absolute atomic E-state index is 0.105. The van der Waals surface area contributed by atoms with Crippen LogP contribution in [0.4, 0.5) is 0 Å². The summed E-state index contributed by atoms with van der Waals surface area (Å²) in [6, 6.07) is 12.2. The lowest BCUT2D eigenvalue weighted by Gasteiger charge is -2.27. The van der Waals surface area contributed by atoms with Crippen LogP contribution in [-0.2, 0) is 32.0 Å². The molecule has 3 amide bonds. The number of carboxylic acid groups (broad SMARTS) is 1. The lowest BCUT2D eigenvalue weighted by atomic mass is 10.00. The average molecular weight is 556 g/mol. The first-order valence-corrected chi connectivity index (χ1v) is 13.4. The number of phenolic OH excluding ortho intramolecular Hbond substituents is 1. The maximum absolute atomic E-state index is 13.5. The number of unbranched alkanes of at least 4 members (excludes halogenated alkanes) is 1. The summed E-state index contributed by atoms with van der Waals surface area (Å²) in [5.41, 5.74) is 11.8. The van der Waals surface area contributed by atoms with Gasteiger partial charge in [-0.2, -0.15) is 0 Å². The van der Waals surface area contributed by atoms with E-state index in [9.17, 15) is 29.4 Å². The molecule has 0 aliphatic heterocycles. The molecule has 0 fully saturated rings. The Kier molecular flexibility index (Phi) is 12.6. The second-order valence-electron chi connectivity index (χ2n) is 10.4. The minimum Gasteiger partial charge on any atom is -0.508 e. The molecule has 0 radical (unpaired) electrons. The van der Waals surface area contributed by atoms with Crippen LogP contribution in [0.25, 0.3) is 0 Å². The number of aliphatic carboxylic acids is 1. The van der Waals surface area contributed by atoms with Gasteiger partial charge in [-0.15, -0.1) is 0 Å². The van der Waals surface area contributed by atoms with Gasteiger partial charge in [0.2, 0.25) is 17.7 Å². The SMILES string of the molecule is CC(C)(N)C(=O)N[C@@H](CCc1ccc(O)cc1)C(=O)N[C@@H](Cc1ccccc1)C(=O)N[C@@H](CCCCN)C(=O)O. The Morgan fingerprint density at radius 2 is 1.40 bits per heavy atom. The Labute approximate surface area is 234 Å². The zero-order chi connectivity index (χ0) is 29.7. The van der Waals surface area contributed by atoms with E-state index < -0.39 is 47.4 Å². The standard InChI is InChI=1S/C29H41N5O6/c1-29(2,31)28(40)34-22(16-13-19-11-14-21(35)15-12-19)25(36)33-24(18-20-8-4-3-5-9-20)26(37)32-23(27(38)39)10-6-7-17-30/h3-5,8-9,11-12,14-15,22-24,35H,6-7,10,13,16-18,30-31H2,1-2H3,(H,32,37)(H,33,36)(H,34,40)(H,38,39)/t22-,23-,24-/m0/s1. The van der Waals surface area contributed by atoms with Crippen LogP contribution in [0.1, 0.15) is 50.7 Å². The van der Waals surface area contributed by atoms with Gasteiger partial charge in [0.1, 0.15) is 23.9 Å². The van der Waals surface area contributed by atoms with E-state index in [0.29, 0.717) is 25.8 Å². The van der Waals surface area contributed by atoms with Crippen LogP contribution < -0.4 is 27.4 Å². The number of amides is 3. The molecule has 0 aliphatic carbocycles. The molecular formula is C29H41N5O6. The van der Waals surface area contributed by atoms with Crippen LogP contribution in [-0.4, -0.2) is 64.1 Å². The number of rotatable bonds is 16. The van der Waals surface area contributed by atoms with Gasteiger partial charge in [-0.25, -0.2) is 4.79 Å². The fourth-order valence-corrected chi connectivity index (χ4v) is 3.94. The van der Waals surface area contributed by atoms with Gasteiger partial charge in [0.15, 0.2) is 0 Å². The number of carbonyl (C=O) groups is 4. The van der Waals surface area contributed by atoms with Crippen molar-refractivity contribution in [3.63, 3.8) is 0 Å². The summed E-state index contributed by atoms with van der Waals surface area (Å²) in [7, 11) is 0. The van der Waals surface area contributed by atoms with Crippen LogP contribution in [0, 0.1) is 0 Å². The molecule has 2 rings (SSSR count). The van der Waals surface area contributed by atoms with Crippen molar-refractivity contribution in [2.45, 2.75) is 76.0 Å². The van der Waals surface area contributed by atoms with Crippen LogP contribution in [0.3, 0.4) is 0 Å².